The van der Waals surface area contributed by atoms with Gasteiger partial charge in [0.25, 0.3) is 0 Å². The summed E-state index contributed by atoms with van der Waals surface area (Å²) in [4.78, 5) is 19.0. The Morgan fingerprint density at radius 3 is 2.93 bits per heavy atom. The van der Waals surface area contributed by atoms with Crippen molar-refractivity contribution < 1.29 is 13.9 Å². The lowest BCUT2D eigenvalue weighted by Crippen LogP contribution is -2.44. The molecule has 27 heavy (non-hydrogen) atoms. The van der Waals surface area contributed by atoms with Gasteiger partial charge in [-0.2, -0.15) is 0 Å². The van der Waals surface area contributed by atoms with E-state index in [4.69, 9.17) is 4.74 Å². The lowest BCUT2D eigenvalue weighted by atomic mass is 10.1. The first kappa shape index (κ1) is 17.3. The normalized spacial score (nSPS) is 16.3. The third-order valence-electron chi connectivity index (χ3n) is 4.73. The average molecular weight is 365 g/mol. The average Bonchev–Trinajstić information content (AvgIpc) is 3.10. The Morgan fingerprint density at radius 1 is 1.22 bits per heavy atom. The summed E-state index contributed by atoms with van der Waals surface area (Å²) in [6.07, 6.45) is 5.46. The number of aromatic nitrogens is 2. The van der Waals surface area contributed by atoms with Gasteiger partial charge in [0.2, 0.25) is 5.91 Å². The zero-order chi connectivity index (χ0) is 18.6. The van der Waals surface area contributed by atoms with E-state index in [1.807, 2.05) is 39.9 Å². The van der Waals surface area contributed by atoms with Gasteiger partial charge in [-0.15, -0.1) is 0 Å². The molecule has 0 fully saturated rings. The number of hydrogen-bond acceptors (Lipinski definition) is 3. The summed E-state index contributed by atoms with van der Waals surface area (Å²) in [5.74, 6) is 0.417. The number of halogens is 1. The van der Waals surface area contributed by atoms with Gasteiger partial charge >= 0.3 is 0 Å². The molecular formula is C21H20FN3O2. The molecule has 1 unspecified atom stereocenters. The highest BCUT2D eigenvalue weighted by Gasteiger charge is 2.29. The predicted molar refractivity (Wildman–Crippen MR) is 98.6 cm³/mol. The van der Waals surface area contributed by atoms with Crippen LogP contribution < -0.4 is 4.74 Å². The zero-order valence-electron chi connectivity index (χ0n) is 14.8. The van der Waals surface area contributed by atoms with Crippen LogP contribution in [0.3, 0.4) is 0 Å². The number of hydrogen-bond donors (Lipinski definition) is 0. The molecule has 5 nitrogen and oxygen atoms in total. The number of amides is 1. The second-order valence-electron chi connectivity index (χ2n) is 6.66. The summed E-state index contributed by atoms with van der Waals surface area (Å²) in [5, 5.41) is 0. The molecule has 3 aromatic rings. The van der Waals surface area contributed by atoms with Crippen LogP contribution in [0, 0.1) is 5.82 Å². The van der Waals surface area contributed by atoms with Crippen LogP contribution in [0.5, 0.6) is 5.75 Å². The Balaban J connectivity index is 1.60. The van der Waals surface area contributed by atoms with E-state index in [1.54, 1.807) is 24.7 Å². The van der Waals surface area contributed by atoms with E-state index in [2.05, 4.69) is 4.98 Å². The van der Waals surface area contributed by atoms with Crippen LogP contribution in [0.2, 0.25) is 0 Å². The molecule has 6 heteroatoms. The van der Waals surface area contributed by atoms with Gasteiger partial charge in [-0.05, 0) is 23.8 Å². The van der Waals surface area contributed by atoms with E-state index in [0.29, 0.717) is 25.3 Å². The fourth-order valence-electron chi connectivity index (χ4n) is 3.37. The van der Waals surface area contributed by atoms with Crippen molar-refractivity contribution in [1.29, 1.82) is 0 Å². The molecule has 2 aromatic carbocycles. The van der Waals surface area contributed by atoms with E-state index < -0.39 is 0 Å². The number of ether oxygens (including phenoxy) is 1. The van der Waals surface area contributed by atoms with Crippen LogP contribution in [-0.2, 0) is 24.3 Å². The van der Waals surface area contributed by atoms with E-state index in [0.717, 1.165) is 11.3 Å². The Labute approximate surface area is 157 Å². The predicted octanol–water partition coefficient (Wildman–Crippen LogP) is 3.05. The quantitative estimate of drug-likeness (QED) is 0.714. The van der Waals surface area contributed by atoms with Crippen LogP contribution in [0.25, 0.3) is 0 Å². The fraction of sp³-hybridized carbons (Fsp3) is 0.238. The van der Waals surface area contributed by atoms with Crippen molar-refractivity contribution >= 4 is 5.91 Å². The minimum absolute atomic E-state index is 0.0500. The van der Waals surface area contributed by atoms with Gasteiger partial charge < -0.3 is 14.2 Å². The Bertz CT molecular complexity index is 927. The van der Waals surface area contributed by atoms with Crippen LogP contribution in [0.15, 0.2) is 67.3 Å². The largest absolute Gasteiger partial charge is 0.491 e. The minimum Gasteiger partial charge on any atom is -0.491 e. The van der Waals surface area contributed by atoms with Gasteiger partial charge in [-0.25, -0.2) is 9.37 Å². The third kappa shape index (κ3) is 4.00. The van der Waals surface area contributed by atoms with E-state index in [1.165, 1.54) is 12.1 Å². The van der Waals surface area contributed by atoms with Crippen LogP contribution in [0.1, 0.15) is 11.1 Å². The van der Waals surface area contributed by atoms with Crippen molar-refractivity contribution in [3.63, 3.8) is 0 Å². The summed E-state index contributed by atoms with van der Waals surface area (Å²) in [7, 11) is 0. The molecule has 0 N–H and O–H groups in total. The van der Waals surface area contributed by atoms with Crippen molar-refractivity contribution in [2.45, 2.75) is 25.6 Å². The highest BCUT2D eigenvalue weighted by molar-refractivity contribution is 5.79. The van der Waals surface area contributed by atoms with Gasteiger partial charge in [-0.1, -0.05) is 30.3 Å². The fourth-order valence-corrected chi connectivity index (χ4v) is 3.37. The molecule has 4 rings (SSSR count). The first-order valence-electron chi connectivity index (χ1n) is 8.89. The van der Waals surface area contributed by atoms with Gasteiger partial charge in [0, 0.05) is 31.0 Å². The van der Waals surface area contributed by atoms with Gasteiger partial charge in [0.05, 0.1) is 18.8 Å². The van der Waals surface area contributed by atoms with Crippen molar-refractivity contribution in [3.05, 3.63) is 84.2 Å². The number of carbonyl (C=O) groups excluding carboxylic acids is 1. The highest BCUT2D eigenvalue weighted by Crippen LogP contribution is 2.26. The highest BCUT2D eigenvalue weighted by atomic mass is 19.1. The maximum Gasteiger partial charge on any atom is 0.227 e. The first-order valence-corrected chi connectivity index (χ1v) is 8.89. The molecule has 2 heterocycles. The molecule has 1 aliphatic rings. The number of fused-ring (bicyclic) bond motifs is 1. The maximum absolute atomic E-state index is 13.5. The molecular weight excluding hydrogens is 345 g/mol. The monoisotopic (exact) mass is 365 g/mol. The standard InChI is InChI=1S/C21H20FN3O2/c22-18-6-3-4-16(10-18)11-21(26)25-12-17-5-1-2-7-20(17)27-14-19(25)13-24-9-8-23-15-24/h1-10,15,19H,11-14H2. The zero-order valence-corrected chi connectivity index (χ0v) is 14.8. The van der Waals surface area contributed by atoms with E-state index in [9.17, 15) is 9.18 Å². The van der Waals surface area contributed by atoms with Crippen molar-refractivity contribution in [2.75, 3.05) is 6.61 Å². The van der Waals surface area contributed by atoms with Crippen molar-refractivity contribution in [2.24, 2.45) is 0 Å². The molecule has 1 aliphatic heterocycles. The molecule has 0 bridgehead atoms. The third-order valence-corrected chi connectivity index (χ3v) is 4.73. The van der Waals surface area contributed by atoms with Gasteiger partial charge in [0.15, 0.2) is 0 Å². The molecule has 0 radical (unpaired) electrons. The van der Waals surface area contributed by atoms with Gasteiger partial charge in [0.1, 0.15) is 18.2 Å². The smallest absolute Gasteiger partial charge is 0.227 e. The van der Waals surface area contributed by atoms with Crippen molar-refractivity contribution in [1.82, 2.24) is 14.5 Å². The summed E-state index contributed by atoms with van der Waals surface area (Å²) >= 11 is 0. The molecule has 0 spiro atoms. The molecule has 0 saturated carbocycles. The maximum atomic E-state index is 13.5. The number of benzene rings is 2. The summed E-state index contributed by atoms with van der Waals surface area (Å²) in [6, 6.07) is 13.8. The van der Waals surface area contributed by atoms with Crippen LogP contribution in [0.4, 0.5) is 4.39 Å². The Hall–Kier alpha value is -3.15. The van der Waals surface area contributed by atoms with Crippen LogP contribution >= 0.6 is 0 Å². The second kappa shape index (κ2) is 7.61. The number of para-hydroxylation sites is 1. The number of carbonyl (C=O) groups is 1. The Morgan fingerprint density at radius 2 is 2.11 bits per heavy atom. The van der Waals surface area contributed by atoms with E-state index in [-0.39, 0.29) is 24.2 Å². The Kier molecular flexibility index (Phi) is 4.87. The number of rotatable bonds is 4. The summed E-state index contributed by atoms with van der Waals surface area (Å²) in [6.45, 7) is 1.44. The minimum atomic E-state index is -0.334. The molecule has 0 saturated heterocycles. The molecule has 1 amide bonds. The topological polar surface area (TPSA) is 47.4 Å². The van der Waals surface area contributed by atoms with Crippen molar-refractivity contribution in [3.8, 4) is 5.75 Å². The number of nitrogens with zero attached hydrogens (tertiary/aromatic N) is 3. The molecule has 138 valence electrons. The molecule has 0 aliphatic carbocycles. The van der Waals surface area contributed by atoms with Gasteiger partial charge in [-0.3, -0.25) is 4.79 Å². The number of imidazole rings is 1. The van der Waals surface area contributed by atoms with Crippen LogP contribution in [-0.4, -0.2) is 33.0 Å². The summed E-state index contributed by atoms with van der Waals surface area (Å²) in [5.41, 5.74) is 1.64. The lowest BCUT2D eigenvalue weighted by molar-refractivity contribution is -0.134. The SMILES string of the molecule is O=C(Cc1cccc(F)c1)N1Cc2ccccc2OCC1Cn1ccnc1. The second-order valence-corrected chi connectivity index (χ2v) is 6.66. The molecule has 1 aromatic heterocycles. The van der Waals surface area contributed by atoms with E-state index >= 15 is 0 Å². The lowest BCUT2D eigenvalue weighted by Gasteiger charge is -2.29. The first-order chi connectivity index (χ1) is 13.2. The molecule has 1 atom stereocenters. The summed E-state index contributed by atoms with van der Waals surface area (Å²) < 4.78 is 21.4.